The second-order valence-electron chi connectivity index (χ2n) is 7.15. The molecule has 0 aromatic rings. The number of hydrogen-bond acceptors (Lipinski definition) is 3. The van der Waals surface area contributed by atoms with Crippen LogP contribution >= 0.6 is 0 Å². The van der Waals surface area contributed by atoms with Crippen LogP contribution in [-0.2, 0) is 9.53 Å². The highest BCUT2D eigenvalue weighted by Gasteiger charge is 2.27. The molecular weight excluding hydrogens is 270 g/mol. The predicted octanol–water partition coefficient (Wildman–Crippen LogP) is 3.57. The van der Waals surface area contributed by atoms with Crippen molar-refractivity contribution >= 4 is 12.1 Å². The summed E-state index contributed by atoms with van der Waals surface area (Å²) in [6.07, 6.45) is 4.87. The molecule has 5 heteroatoms. The second kappa shape index (κ2) is 7.66. The number of aliphatic carboxylic acids is 1. The third kappa shape index (κ3) is 7.34. The monoisotopic (exact) mass is 299 g/mol. The molecule has 2 N–H and O–H groups in total. The largest absolute Gasteiger partial charge is 0.481 e. The van der Waals surface area contributed by atoms with Crippen molar-refractivity contribution in [3.63, 3.8) is 0 Å². The van der Waals surface area contributed by atoms with Gasteiger partial charge in [0.25, 0.3) is 0 Å². The van der Waals surface area contributed by atoms with Crippen LogP contribution in [-0.4, -0.2) is 28.8 Å². The van der Waals surface area contributed by atoms with E-state index in [0.29, 0.717) is 11.8 Å². The maximum Gasteiger partial charge on any atom is 0.407 e. The summed E-state index contributed by atoms with van der Waals surface area (Å²) >= 11 is 0. The Morgan fingerprint density at radius 2 is 1.81 bits per heavy atom. The summed E-state index contributed by atoms with van der Waals surface area (Å²) in [5.41, 5.74) is -0.474. The van der Waals surface area contributed by atoms with E-state index in [1.165, 1.54) is 0 Å². The summed E-state index contributed by atoms with van der Waals surface area (Å²) in [5.74, 6) is 0.266. The number of carbonyl (C=O) groups is 2. The number of rotatable bonds is 5. The van der Waals surface area contributed by atoms with Gasteiger partial charge in [0, 0.05) is 12.5 Å². The molecule has 5 nitrogen and oxygen atoms in total. The molecule has 0 heterocycles. The quantitative estimate of drug-likeness (QED) is 0.813. The Bertz CT molecular complexity index is 354. The summed E-state index contributed by atoms with van der Waals surface area (Å²) in [6.45, 7) is 7.58. The van der Waals surface area contributed by atoms with Gasteiger partial charge in [0.05, 0.1) is 0 Å². The smallest absolute Gasteiger partial charge is 0.407 e. The van der Waals surface area contributed by atoms with Crippen LogP contribution < -0.4 is 5.32 Å². The average molecular weight is 299 g/mol. The van der Waals surface area contributed by atoms with E-state index < -0.39 is 11.6 Å². The number of carboxylic acids is 1. The van der Waals surface area contributed by atoms with Crippen molar-refractivity contribution in [3.05, 3.63) is 0 Å². The molecule has 1 amide bonds. The fraction of sp³-hybridized carbons (Fsp3) is 0.875. The molecule has 1 rings (SSSR count). The molecule has 1 atom stereocenters. The standard InChI is InChI=1S/C16H29NO4/c1-11(17-15(20)21-16(2,3)4)13-8-5-12(6-9-13)7-10-14(18)19/h11-13H,5-10H2,1-4H3,(H,17,20)(H,18,19). The molecule has 1 unspecified atom stereocenters. The number of ether oxygens (including phenoxy) is 1. The fourth-order valence-corrected chi connectivity index (χ4v) is 2.92. The molecule has 122 valence electrons. The summed E-state index contributed by atoms with van der Waals surface area (Å²) in [7, 11) is 0. The van der Waals surface area contributed by atoms with E-state index in [1.807, 2.05) is 27.7 Å². The lowest BCUT2D eigenvalue weighted by atomic mass is 9.77. The first kappa shape index (κ1) is 17.8. The lowest BCUT2D eigenvalue weighted by Crippen LogP contribution is -2.42. The van der Waals surface area contributed by atoms with E-state index in [2.05, 4.69) is 5.32 Å². The minimum atomic E-state index is -0.711. The number of carbonyl (C=O) groups excluding carboxylic acids is 1. The first-order valence-corrected chi connectivity index (χ1v) is 7.88. The highest BCUT2D eigenvalue weighted by atomic mass is 16.6. The number of nitrogens with one attached hydrogen (secondary N) is 1. The summed E-state index contributed by atoms with van der Waals surface area (Å²) < 4.78 is 5.27. The molecule has 0 aromatic heterocycles. The maximum absolute atomic E-state index is 11.8. The molecule has 0 radical (unpaired) electrons. The molecule has 0 aromatic carbocycles. The predicted molar refractivity (Wildman–Crippen MR) is 81.1 cm³/mol. The van der Waals surface area contributed by atoms with Gasteiger partial charge in [-0.1, -0.05) is 12.8 Å². The highest BCUT2D eigenvalue weighted by Crippen LogP contribution is 2.33. The van der Waals surface area contributed by atoms with E-state index in [4.69, 9.17) is 9.84 Å². The zero-order valence-electron chi connectivity index (χ0n) is 13.6. The van der Waals surface area contributed by atoms with Gasteiger partial charge in [-0.15, -0.1) is 0 Å². The zero-order valence-corrected chi connectivity index (χ0v) is 13.6. The second-order valence-corrected chi connectivity index (χ2v) is 7.15. The average Bonchev–Trinajstić information content (AvgIpc) is 2.34. The molecule has 1 aliphatic rings. The van der Waals surface area contributed by atoms with Crippen molar-refractivity contribution in [2.45, 2.75) is 77.9 Å². The number of amides is 1. The Kier molecular flexibility index (Phi) is 6.49. The van der Waals surface area contributed by atoms with Crippen LogP contribution in [0, 0.1) is 11.8 Å². The molecule has 0 aliphatic heterocycles. The van der Waals surface area contributed by atoms with Crippen LogP contribution in [0.15, 0.2) is 0 Å². The molecular formula is C16H29NO4. The van der Waals surface area contributed by atoms with E-state index in [9.17, 15) is 9.59 Å². The molecule has 0 bridgehead atoms. The lowest BCUT2D eigenvalue weighted by molar-refractivity contribution is -0.137. The Hall–Kier alpha value is -1.26. The molecule has 1 aliphatic carbocycles. The van der Waals surface area contributed by atoms with Gasteiger partial charge in [-0.05, 0) is 58.8 Å². The van der Waals surface area contributed by atoms with Gasteiger partial charge < -0.3 is 15.2 Å². The third-order valence-electron chi connectivity index (χ3n) is 4.11. The first-order valence-electron chi connectivity index (χ1n) is 7.88. The molecule has 21 heavy (non-hydrogen) atoms. The van der Waals surface area contributed by atoms with Crippen LogP contribution in [0.5, 0.6) is 0 Å². The van der Waals surface area contributed by atoms with Crippen molar-refractivity contribution < 1.29 is 19.4 Å². The van der Waals surface area contributed by atoms with E-state index >= 15 is 0 Å². The van der Waals surface area contributed by atoms with Crippen molar-refractivity contribution in [1.29, 1.82) is 0 Å². The van der Waals surface area contributed by atoms with Crippen LogP contribution in [0.2, 0.25) is 0 Å². The van der Waals surface area contributed by atoms with Gasteiger partial charge >= 0.3 is 12.1 Å². The zero-order chi connectivity index (χ0) is 16.0. The van der Waals surface area contributed by atoms with E-state index in [0.717, 1.165) is 32.1 Å². The molecule has 0 spiro atoms. The van der Waals surface area contributed by atoms with Crippen LogP contribution in [0.1, 0.15) is 66.2 Å². The number of hydrogen-bond donors (Lipinski definition) is 2. The van der Waals surface area contributed by atoms with Crippen LogP contribution in [0.4, 0.5) is 4.79 Å². The van der Waals surface area contributed by atoms with Crippen LogP contribution in [0.25, 0.3) is 0 Å². The summed E-state index contributed by atoms with van der Waals surface area (Å²) in [4.78, 5) is 22.3. The third-order valence-corrected chi connectivity index (χ3v) is 4.11. The minimum Gasteiger partial charge on any atom is -0.481 e. The maximum atomic E-state index is 11.8. The SMILES string of the molecule is CC(NC(=O)OC(C)(C)C)C1CCC(CCC(=O)O)CC1. The van der Waals surface area contributed by atoms with E-state index in [1.54, 1.807) is 0 Å². The van der Waals surface area contributed by atoms with Crippen molar-refractivity contribution in [3.8, 4) is 0 Å². The normalized spacial score (nSPS) is 24.2. The van der Waals surface area contributed by atoms with Gasteiger partial charge in [-0.2, -0.15) is 0 Å². The Morgan fingerprint density at radius 3 is 2.29 bits per heavy atom. The summed E-state index contributed by atoms with van der Waals surface area (Å²) in [5, 5.41) is 11.6. The number of alkyl carbamates (subject to hydrolysis) is 1. The Labute approximate surface area is 127 Å². The molecule has 0 saturated heterocycles. The van der Waals surface area contributed by atoms with Gasteiger partial charge in [0.15, 0.2) is 0 Å². The Balaban J connectivity index is 2.30. The summed E-state index contributed by atoms with van der Waals surface area (Å²) in [6, 6.07) is 0.0975. The van der Waals surface area contributed by atoms with Gasteiger partial charge in [0.2, 0.25) is 0 Å². The van der Waals surface area contributed by atoms with Crippen molar-refractivity contribution in [2.75, 3.05) is 0 Å². The fourth-order valence-electron chi connectivity index (χ4n) is 2.92. The Morgan fingerprint density at radius 1 is 1.24 bits per heavy atom. The van der Waals surface area contributed by atoms with Crippen molar-refractivity contribution in [1.82, 2.24) is 5.32 Å². The molecule has 1 fully saturated rings. The van der Waals surface area contributed by atoms with Crippen LogP contribution in [0.3, 0.4) is 0 Å². The number of carboxylic acid groups (broad SMARTS) is 1. The van der Waals surface area contributed by atoms with Gasteiger partial charge in [-0.3, -0.25) is 4.79 Å². The van der Waals surface area contributed by atoms with Crippen molar-refractivity contribution in [2.24, 2.45) is 11.8 Å². The molecule has 1 saturated carbocycles. The first-order chi connectivity index (χ1) is 9.67. The highest BCUT2D eigenvalue weighted by molar-refractivity contribution is 5.68. The minimum absolute atomic E-state index is 0.0975. The topological polar surface area (TPSA) is 75.6 Å². The van der Waals surface area contributed by atoms with Gasteiger partial charge in [-0.25, -0.2) is 4.79 Å². The van der Waals surface area contributed by atoms with E-state index in [-0.39, 0.29) is 18.6 Å². The van der Waals surface area contributed by atoms with Gasteiger partial charge in [0.1, 0.15) is 5.60 Å². The lowest BCUT2D eigenvalue weighted by Gasteiger charge is -2.33.